The third-order valence-electron chi connectivity index (χ3n) is 1.85. The van der Waals surface area contributed by atoms with Crippen LogP contribution in [0.5, 0.6) is 0 Å². The molecule has 0 aliphatic rings. The van der Waals surface area contributed by atoms with Gasteiger partial charge < -0.3 is 10.9 Å². The van der Waals surface area contributed by atoms with Crippen LogP contribution in [-0.4, -0.2) is 10.9 Å². The minimum Gasteiger partial charge on any atom is -0.618 e. The maximum absolute atomic E-state index is 11.4. The van der Waals surface area contributed by atoms with Crippen molar-refractivity contribution in [3.05, 3.63) is 41.4 Å². The van der Waals surface area contributed by atoms with Crippen LogP contribution in [0.2, 0.25) is 0 Å². The fourth-order valence-electron chi connectivity index (χ4n) is 1.20. The van der Waals surface area contributed by atoms with Crippen molar-refractivity contribution in [1.29, 1.82) is 0 Å². The highest BCUT2D eigenvalue weighted by Crippen LogP contribution is 2.06. The molecule has 0 radical (unpaired) electrons. The highest BCUT2D eigenvalue weighted by molar-refractivity contribution is 5.91. The molecule has 70 valence electrons. The summed E-state index contributed by atoms with van der Waals surface area (Å²) >= 11 is 0. The Morgan fingerprint density at radius 1 is 1.43 bits per heavy atom. The number of hydrogen-bond donors (Lipinski definition) is 1. The van der Waals surface area contributed by atoms with Gasteiger partial charge in [-0.3, -0.25) is 4.79 Å². The Balaban J connectivity index is 2.78. The summed E-state index contributed by atoms with van der Waals surface area (Å²) in [6.07, 6.45) is 1.07. The van der Waals surface area contributed by atoms with E-state index in [9.17, 15) is 10.0 Å². The molecular weight excluding hydrogens is 182 g/mol. The summed E-state index contributed by atoms with van der Waals surface area (Å²) in [5.74, 6) is -0.708. The molecule has 0 saturated heterocycles. The predicted molar refractivity (Wildman–Crippen MR) is 49.2 cm³/mol. The van der Waals surface area contributed by atoms with E-state index in [-0.39, 0.29) is 5.69 Å². The third kappa shape index (κ3) is 1.24. The van der Waals surface area contributed by atoms with Gasteiger partial charge in [-0.15, -0.1) is 0 Å². The molecule has 0 saturated carbocycles. The Labute approximate surface area is 79.4 Å². The van der Waals surface area contributed by atoms with E-state index in [4.69, 9.17) is 5.73 Å². The number of hydrogen-bond acceptors (Lipinski definition) is 3. The number of aromatic nitrogens is 2. The Morgan fingerprint density at radius 3 is 2.86 bits per heavy atom. The molecule has 2 rings (SSSR count). The van der Waals surface area contributed by atoms with E-state index < -0.39 is 5.91 Å². The zero-order valence-electron chi connectivity index (χ0n) is 7.18. The van der Waals surface area contributed by atoms with Gasteiger partial charge in [0.15, 0.2) is 5.69 Å². The summed E-state index contributed by atoms with van der Waals surface area (Å²) in [7, 11) is 0. The molecule has 5 nitrogen and oxygen atoms in total. The lowest BCUT2D eigenvalue weighted by molar-refractivity contribution is -0.577. The van der Waals surface area contributed by atoms with Crippen LogP contribution < -0.4 is 10.5 Å². The molecule has 0 atom stereocenters. The number of benzene rings is 1. The van der Waals surface area contributed by atoms with E-state index in [2.05, 4.69) is 4.98 Å². The van der Waals surface area contributed by atoms with Gasteiger partial charge in [0, 0.05) is 6.07 Å². The summed E-state index contributed by atoms with van der Waals surface area (Å²) in [5, 5.41) is 11.4. The normalized spacial score (nSPS) is 10.3. The fraction of sp³-hybridized carbons (Fsp3) is 0. The van der Waals surface area contributed by atoms with Gasteiger partial charge in [0.1, 0.15) is 5.52 Å². The molecule has 5 heteroatoms. The number of rotatable bonds is 1. The highest BCUT2D eigenvalue weighted by atomic mass is 16.5. The number of amides is 1. The second-order valence-corrected chi connectivity index (χ2v) is 2.80. The topological polar surface area (TPSA) is 82.9 Å². The highest BCUT2D eigenvalue weighted by Gasteiger charge is 2.11. The van der Waals surface area contributed by atoms with Gasteiger partial charge in [-0.05, 0) is 6.07 Å². The van der Waals surface area contributed by atoms with Crippen LogP contribution in [0.25, 0.3) is 11.0 Å². The number of nitrogens with two attached hydrogens (primary N) is 1. The number of para-hydroxylation sites is 2. The van der Waals surface area contributed by atoms with Crippen molar-refractivity contribution in [1.82, 2.24) is 4.98 Å². The van der Waals surface area contributed by atoms with E-state index in [0.717, 1.165) is 6.20 Å². The number of fused-ring (bicyclic) bond motifs is 1. The lowest BCUT2D eigenvalue weighted by Gasteiger charge is -2.01. The largest absolute Gasteiger partial charge is 0.618 e. The Kier molecular flexibility index (Phi) is 1.78. The lowest BCUT2D eigenvalue weighted by Crippen LogP contribution is -2.30. The van der Waals surface area contributed by atoms with Gasteiger partial charge in [0.25, 0.3) is 5.91 Å². The van der Waals surface area contributed by atoms with E-state index in [0.29, 0.717) is 15.8 Å². The first-order valence-electron chi connectivity index (χ1n) is 3.97. The quantitative estimate of drug-likeness (QED) is 0.505. The zero-order chi connectivity index (χ0) is 10.1. The molecule has 0 aliphatic carbocycles. The van der Waals surface area contributed by atoms with Gasteiger partial charge in [-0.25, -0.2) is 4.98 Å². The average Bonchev–Trinajstić information content (AvgIpc) is 2.17. The SMILES string of the molecule is NC(=O)c1c[n+]([O-])c2ccccc2n1. The molecule has 1 aromatic carbocycles. The van der Waals surface area contributed by atoms with E-state index in [1.807, 2.05) is 0 Å². The van der Waals surface area contributed by atoms with Crippen molar-refractivity contribution in [3.63, 3.8) is 0 Å². The first-order chi connectivity index (χ1) is 6.68. The molecule has 14 heavy (non-hydrogen) atoms. The van der Waals surface area contributed by atoms with Crippen LogP contribution in [0.1, 0.15) is 10.5 Å². The predicted octanol–water partition coefficient (Wildman–Crippen LogP) is -0.0329. The average molecular weight is 189 g/mol. The van der Waals surface area contributed by atoms with Crippen molar-refractivity contribution < 1.29 is 9.52 Å². The Bertz CT molecular complexity index is 510. The molecule has 0 unspecified atom stereocenters. The molecule has 2 aromatic rings. The number of carbonyl (C=O) groups excluding carboxylic acids is 1. The Morgan fingerprint density at radius 2 is 2.14 bits per heavy atom. The minimum absolute atomic E-state index is 0.0290. The maximum Gasteiger partial charge on any atom is 0.273 e. The molecule has 1 heterocycles. The third-order valence-corrected chi connectivity index (χ3v) is 1.85. The van der Waals surface area contributed by atoms with Crippen molar-refractivity contribution in [2.45, 2.75) is 0 Å². The summed E-state index contributed by atoms with van der Waals surface area (Å²) in [6.45, 7) is 0. The fourth-order valence-corrected chi connectivity index (χ4v) is 1.20. The first kappa shape index (κ1) is 8.43. The van der Waals surface area contributed by atoms with Crippen LogP contribution in [-0.2, 0) is 0 Å². The van der Waals surface area contributed by atoms with Gasteiger partial charge in [-0.1, -0.05) is 12.1 Å². The molecule has 0 bridgehead atoms. The van der Waals surface area contributed by atoms with Gasteiger partial charge in [0.2, 0.25) is 11.7 Å². The summed E-state index contributed by atoms with van der Waals surface area (Å²) in [4.78, 5) is 14.7. The second-order valence-electron chi connectivity index (χ2n) is 2.80. The number of carbonyl (C=O) groups is 1. The smallest absolute Gasteiger partial charge is 0.273 e. The van der Waals surface area contributed by atoms with Crippen molar-refractivity contribution in [2.24, 2.45) is 5.73 Å². The van der Waals surface area contributed by atoms with Crippen molar-refractivity contribution >= 4 is 16.9 Å². The molecule has 0 spiro atoms. The molecule has 0 aliphatic heterocycles. The van der Waals surface area contributed by atoms with Crippen LogP contribution >= 0.6 is 0 Å². The minimum atomic E-state index is -0.708. The number of primary amides is 1. The van der Waals surface area contributed by atoms with E-state index in [1.165, 1.54) is 0 Å². The van der Waals surface area contributed by atoms with Gasteiger partial charge >= 0.3 is 0 Å². The molecule has 1 amide bonds. The van der Waals surface area contributed by atoms with Crippen molar-refractivity contribution in [2.75, 3.05) is 0 Å². The van der Waals surface area contributed by atoms with Crippen LogP contribution in [0.15, 0.2) is 30.5 Å². The molecular formula is C9H7N3O2. The maximum atomic E-state index is 11.4. The second kappa shape index (κ2) is 2.95. The summed E-state index contributed by atoms with van der Waals surface area (Å²) in [6, 6.07) is 6.73. The van der Waals surface area contributed by atoms with Crippen molar-refractivity contribution in [3.8, 4) is 0 Å². The van der Waals surface area contributed by atoms with Gasteiger partial charge in [-0.2, -0.15) is 4.73 Å². The monoisotopic (exact) mass is 189 g/mol. The van der Waals surface area contributed by atoms with Gasteiger partial charge in [0.05, 0.1) is 0 Å². The lowest BCUT2D eigenvalue weighted by atomic mass is 10.3. The van der Waals surface area contributed by atoms with E-state index >= 15 is 0 Å². The molecule has 0 fully saturated rings. The summed E-state index contributed by atoms with van der Waals surface area (Å²) in [5.41, 5.74) is 5.86. The summed E-state index contributed by atoms with van der Waals surface area (Å²) < 4.78 is 0.586. The van der Waals surface area contributed by atoms with Crippen LogP contribution in [0, 0.1) is 5.21 Å². The number of nitrogens with zero attached hydrogens (tertiary/aromatic N) is 2. The molecule has 2 N–H and O–H groups in total. The zero-order valence-corrected chi connectivity index (χ0v) is 7.18. The first-order valence-corrected chi connectivity index (χ1v) is 3.97. The van der Waals surface area contributed by atoms with Crippen LogP contribution in [0.3, 0.4) is 0 Å². The van der Waals surface area contributed by atoms with E-state index in [1.54, 1.807) is 24.3 Å². The Hall–Kier alpha value is -2.17. The standard InChI is InChI=1S/C9H7N3O2/c10-9(13)7-5-12(14)8-4-2-1-3-6(8)11-7/h1-5H,(H2,10,13). The molecule has 1 aromatic heterocycles. The van der Waals surface area contributed by atoms with Crippen LogP contribution in [0.4, 0.5) is 0 Å².